The Morgan fingerprint density at radius 3 is 2.57 bits per heavy atom. The highest BCUT2D eigenvalue weighted by atomic mass is 19.1. The van der Waals surface area contributed by atoms with E-state index in [9.17, 15) is 9.18 Å². The van der Waals surface area contributed by atoms with E-state index >= 15 is 0 Å². The molecule has 0 spiro atoms. The predicted octanol–water partition coefficient (Wildman–Crippen LogP) is 3.71. The van der Waals surface area contributed by atoms with Crippen LogP contribution in [-0.2, 0) is 6.54 Å². The summed E-state index contributed by atoms with van der Waals surface area (Å²) >= 11 is 0. The summed E-state index contributed by atoms with van der Waals surface area (Å²) in [6.45, 7) is 0.444. The Kier molecular flexibility index (Phi) is 4.24. The summed E-state index contributed by atoms with van der Waals surface area (Å²) in [5, 5.41) is 0. The number of methoxy groups -OCH3 is 1. The summed E-state index contributed by atoms with van der Waals surface area (Å²) in [5.41, 5.74) is 1.93. The van der Waals surface area contributed by atoms with Crippen molar-refractivity contribution in [1.82, 2.24) is 4.57 Å². The summed E-state index contributed by atoms with van der Waals surface area (Å²) in [7, 11) is 1.54. The molecule has 1 heterocycles. The molecule has 1 aromatic heterocycles. The van der Waals surface area contributed by atoms with E-state index in [0.29, 0.717) is 23.4 Å². The van der Waals surface area contributed by atoms with Crippen LogP contribution in [0.1, 0.15) is 5.56 Å². The summed E-state index contributed by atoms with van der Waals surface area (Å²) in [5.74, 6) is 0.220. The molecule has 0 radical (unpaired) electrons. The highest BCUT2D eigenvalue weighted by Gasteiger charge is 2.09. The number of halogens is 1. The maximum absolute atomic E-state index is 14.1. The Bertz CT molecular complexity index is 872. The first-order chi connectivity index (χ1) is 11.2. The smallest absolute Gasteiger partial charge is 0.250 e. The number of aromatic nitrogens is 1. The minimum atomic E-state index is -0.351. The molecule has 3 rings (SSSR count). The van der Waals surface area contributed by atoms with Crippen molar-refractivity contribution in [1.29, 1.82) is 0 Å². The van der Waals surface area contributed by atoms with Gasteiger partial charge in [0.15, 0.2) is 0 Å². The molecule has 0 unspecified atom stereocenters. The van der Waals surface area contributed by atoms with Crippen molar-refractivity contribution in [2.75, 3.05) is 7.11 Å². The molecule has 0 aliphatic carbocycles. The number of pyridine rings is 1. The quantitative estimate of drug-likeness (QED) is 0.735. The van der Waals surface area contributed by atoms with Gasteiger partial charge in [-0.15, -0.1) is 0 Å². The Morgan fingerprint density at radius 2 is 1.83 bits per heavy atom. The van der Waals surface area contributed by atoms with Gasteiger partial charge in [0.2, 0.25) is 0 Å². The Morgan fingerprint density at radius 1 is 1.04 bits per heavy atom. The van der Waals surface area contributed by atoms with Gasteiger partial charge in [-0.1, -0.05) is 30.3 Å². The summed E-state index contributed by atoms with van der Waals surface area (Å²) in [6, 6.07) is 17.3. The average molecular weight is 309 g/mol. The Hall–Kier alpha value is -2.88. The molecule has 3 nitrogen and oxygen atoms in total. The van der Waals surface area contributed by atoms with E-state index in [1.807, 2.05) is 30.3 Å². The molecule has 0 fully saturated rings. The molecular weight excluding hydrogens is 293 g/mol. The normalized spacial score (nSPS) is 10.5. The summed E-state index contributed by atoms with van der Waals surface area (Å²) in [6.07, 6.45) is 1.67. The van der Waals surface area contributed by atoms with Gasteiger partial charge in [0.05, 0.1) is 13.7 Å². The van der Waals surface area contributed by atoms with Crippen molar-refractivity contribution >= 4 is 0 Å². The molecule has 23 heavy (non-hydrogen) atoms. The summed E-state index contributed by atoms with van der Waals surface area (Å²) < 4.78 is 20.8. The lowest BCUT2D eigenvalue weighted by atomic mass is 10.1. The lowest BCUT2D eigenvalue weighted by molar-refractivity contribution is 0.414. The second kappa shape index (κ2) is 6.48. The van der Waals surface area contributed by atoms with Gasteiger partial charge in [0.25, 0.3) is 5.56 Å². The number of rotatable bonds is 4. The first-order valence-electron chi connectivity index (χ1n) is 7.26. The molecule has 0 N–H and O–H groups in total. The van der Waals surface area contributed by atoms with Crippen molar-refractivity contribution in [2.24, 2.45) is 0 Å². The minimum absolute atomic E-state index is 0.124. The molecule has 0 aliphatic heterocycles. The second-order valence-electron chi connectivity index (χ2n) is 5.22. The molecule has 3 aromatic rings. The first-order valence-corrected chi connectivity index (χ1v) is 7.26. The van der Waals surface area contributed by atoms with Crippen molar-refractivity contribution < 1.29 is 9.13 Å². The zero-order chi connectivity index (χ0) is 16.2. The van der Waals surface area contributed by atoms with Crippen LogP contribution in [0.25, 0.3) is 11.1 Å². The van der Waals surface area contributed by atoms with Crippen LogP contribution in [-0.4, -0.2) is 11.7 Å². The van der Waals surface area contributed by atoms with Gasteiger partial charge in [-0.25, -0.2) is 4.39 Å². The van der Waals surface area contributed by atoms with Crippen molar-refractivity contribution in [3.8, 4) is 16.9 Å². The minimum Gasteiger partial charge on any atom is -0.497 e. The van der Waals surface area contributed by atoms with Crippen LogP contribution in [0.3, 0.4) is 0 Å². The zero-order valence-electron chi connectivity index (χ0n) is 12.7. The van der Waals surface area contributed by atoms with Crippen LogP contribution in [0.5, 0.6) is 5.75 Å². The second-order valence-corrected chi connectivity index (χ2v) is 5.22. The van der Waals surface area contributed by atoms with Crippen LogP contribution in [0, 0.1) is 5.82 Å². The van der Waals surface area contributed by atoms with Crippen molar-refractivity contribution in [3.63, 3.8) is 0 Å². The van der Waals surface area contributed by atoms with Crippen LogP contribution >= 0.6 is 0 Å². The maximum Gasteiger partial charge on any atom is 0.250 e. The average Bonchev–Trinajstić information content (AvgIpc) is 2.58. The topological polar surface area (TPSA) is 31.2 Å². The molecule has 0 aliphatic rings. The van der Waals surface area contributed by atoms with Gasteiger partial charge >= 0.3 is 0 Å². The molecule has 2 aromatic carbocycles. The number of hydrogen-bond donors (Lipinski definition) is 0. The van der Waals surface area contributed by atoms with Crippen LogP contribution in [0.2, 0.25) is 0 Å². The monoisotopic (exact) mass is 309 g/mol. The van der Waals surface area contributed by atoms with Gasteiger partial charge < -0.3 is 9.30 Å². The number of hydrogen-bond acceptors (Lipinski definition) is 2. The van der Waals surface area contributed by atoms with Crippen molar-refractivity contribution in [2.45, 2.75) is 6.54 Å². The van der Waals surface area contributed by atoms with E-state index < -0.39 is 0 Å². The molecule has 4 heteroatoms. The molecule has 0 bridgehead atoms. The number of nitrogens with zero attached hydrogens (tertiary/aromatic N) is 1. The fraction of sp³-hybridized carbons (Fsp3) is 0.105. The fourth-order valence-electron chi connectivity index (χ4n) is 2.45. The van der Waals surface area contributed by atoms with Crippen molar-refractivity contribution in [3.05, 3.63) is 88.6 Å². The van der Waals surface area contributed by atoms with Gasteiger partial charge in [-0.3, -0.25) is 4.79 Å². The third-order valence-electron chi connectivity index (χ3n) is 3.66. The lowest BCUT2D eigenvalue weighted by Crippen LogP contribution is -2.19. The molecule has 0 saturated carbocycles. The van der Waals surface area contributed by atoms with E-state index in [-0.39, 0.29) is 11.4 Å². The number of ether oxygens (including phenoxy) is 1. The van der Waals surface area contributed by atoms with Crippen LogP contribution in [0.15, 0.2) is 71.7 Å². The highest BCUT2D eigenvalue weighted by molar-refractivity contribution is 5.65. The third-order valence-corrected chi connectivity index (χ3v) is 3.66. The van der Waals surface area contributed by atoms with Gasteiger partial charge in [0, 0.05) is 23.4 Å². The Balaban J connectivity index is 2.02. The molecule has 0 atom stereocenters. The standard InChI is InChI=1S/C19H16FNO2/c1-23-16-8-9-18(20)17(11-16)15-7-10-19(22)21(13-15)12-14-5-3-2-4-6-14/h2-11,13H,12H2,1H3. The third kappa shape index (κ3) is 3.31. The molecular formula is C19H16FNO2. The largest absolute Gasteiger partial charge is 0.497 e. The predicted molar refractivity (Wildman–Crippen MR) is 88.2 cm³/mol. The molecule has 116 valence electrons. The molecule has 0 saturated heterocycles. The van der Waals surface area contributed by atoms with Gasteiger partial charge in [0.1, 0.15) is 11.6 Å². The number of benzene rings is 2. The van der Waals surface area contributed by atoms with Gasteiger partial charge in [-0.2, -0.15) is 0 Å². The Labute approximate surface area is 133 Å². The van der Waals surface area contributed by atoms with E-state index in [2.05, 4.69) is 0 Å². The van der Waals surface area contributed by atoms with E-state index in [1.165, 1.54) is 19.2 Å². The molecule has 0 amide bonds. The van der Waals surface area contributed by atoms with Crippen LogP contribution in [0.4, 0.5) is 4.39 Å². The first kappa shape index (κ1) is 15.0. The van der Waals surface area contributed by atoms with E-state index in [4.69, 9.17) is 4.74 Å². The zero-order valence-corrected chi connectivity index (χ0v) is 12.7. The van der Waals surface area contributed by atoms with E-state index in [1.54, 1.807) is 29.0 Å². The van der Waals surface area contributed by atoms with E-state index in [0.717, 1.165) is 5.56 Å². The van der Waals surface area contributed by atoms with Gasteiger partial charge in [-0.05, 0) is 29.8 Å². The lowest BCUT2D eigenvalue weighted by Gasteiger charge is -2.10. The maximum atomic E-state index is 14.1. The fourth-order valence-corrected chi connectivity index (χ4v) is 2.45. The van der Waals surface area contributed by atoms with Crippen LogP contribution < -0.4 is 10.3 Å². The SMILES string of the molecule is COc1ccc(F)c(-c2ccc(=O)n(Cc3ccccc3)c2)c1. The highest BCUT2D eigenvalue weighted by Crippen LogP contribution is 2.26. The summed E-state index contributed by atoms with van der Waals surface area (Å²) in [4.78, 5) is 12.1.